The summed E-state index contributed by atoms with van der Waals surface area (Å²) in [5.41, 5.74) is 1.79. The van der Waals surface area contributed by atoms with Crippen molar-refractivity contribution in [1.82, 2.24) is 9.78 Å². The van der Waals surface area contributed by atoms with E-state index in [0.717, 1.165) is 18.9 Å². The van der Waals surface area contributed by atoms with E-state index >= 15 is 0 Å². The lowest BCUT2D eigenvalue weighted by atomic mass is 9.98. The molecule has 104 valence electrons. The number of carbonyl (C=O) groups is 1. The maximum atomic E-state index is 11.8. The summed E-state index contributed by atoms with van der Waals surface area (Å²) in [6.45, 7) is 3.73. The van der Waals surface area contributed by atoms with E-state index in [2.05, 4.69) is 22.5 Å². The summed E-state index contributed by atoms with van der Waals surface area (Å²) in [5.74, 6) is 0.800. The molecule has 0 bridgehead atoms. The minimum atomic E-state index is -0.320. The number of ether oxygens (including phenoxy) is 1. The van der Waals surface area contributed by atoms with Gasteiger partial charge in [0.05, 0.1) is 19.3 Å². The molecule has 1 aliphatic rings. The summed E-state index contributed by atoms with van der Waals surface area (Å²) in [5, 5.41) is 7.59. The zero-order valence-corrected chi connectivity index (χ0v) is 11.4. The Kier molecular flexibility index (Phi) is 3.41. The maximum absolute atomic E-state index is 11.8. The van der Waals surface area contributed by atoms with Crippen LogP contribution < -0.4 is 5.32 Å². The highest BCUT2D eigenvalue weighted by atomic mass is 16.5. The second kappa shape index (κ2) is 5.36. The highest BCUT2D eigenvalue weighted by Gasteiger charge is 2.25. The van der Waals surface area contributed by atoms with Crippen molar-refractivity contribution in [3.05, 3.63) is 47.7 Å². The number of rotatable bonds is 3. The molecule has 0 radical (unpaired) electrons. The molecule has 3 rings (SSSR count). The second-order valence-corrected chi connectivity index (χ2v) is 4.80. The quantitative estimate of drug-likeness (QED) is 0.870. The maximum Gasteiger partial charge on any atom is 0.343 e. The van der Waals surface area contributed by atoms with Gasteiger partial charge < -0.3 is 10.1 Å². The number of hydrogen-bond donors (Lipinski definition) is 1. The molecule has 0 aliphatic carbocycles. The molecule has 1 aliphatic heterocycles. The first-order valence-corrected chi connectivity index (χ1v) is 6.81. The standard InChI is InChI=1S/C15H17N3O2/c1-2-20-15(19)13-9-17-18-10-12(8-16-14(13)18)11-6-4-3-5-7-11/h3-7,9,12,16H,2,8,10H2,1H3. The molecule has 20 heavy (non-hydrogen) atoms. The van der Waals surface area contributed by atoms with E-state index in [1.54, 1.807) is 13.1 Å². The van der Waals surface area contributed by atoms with Crippen LogP contribution >= 0.6 is 0 Å². The van der Waals surface area contributed by atoms with Crippen molar-refractivity contribution in [2.75, 3.05) is 18.5 Å². The molecule has 0 amide bonds. The topological polar surface area (TPSA) is 56.1 Å². The first-order valence-electron chi connectivity index (χ1n) is 6.81. The zero-order valence-electron chi connectivity index (χ0n) is 11.4. The van der Waals surface area contributed by atoms with E-state index in [0.29, 0.717) is 18.1 Å². The number of anilines is 1. The van der Waals surface area contributed by atoms with Crippen LogP contribution in [0.15, 0.2) is 36.5 Å². The molecule has 5 nitrogen and oxygen atoms in total. The lowest BCUT2D eigenvalue weighted by Gasteiger charge is -2.25. The number of esters is 1. The molecular formula is C15H17N3O2. The van der Waals surface area contributed by atoms with E-state index in [-0.39, 0.29) is 5.97 Å². The minimum absolute atomic E-state index is 0.320. The molecule has 0 saturated heterocycles. The van der Waals surface area contributed by atoms with E-state index in [1.165, 1.54) is 5.56 Å². The van der Waals surface area contributed by atoms with E-state index in [1.807, 2.05) is 22.9 Å². The summed E-state index contributed by atoms with van der Waals surface area (Å²) >= 11 is 0. The van der Waals surface area contributed by atoms with Gasteiger partial charge in [0.1, 0.15) is 11.4 Å². The molecule has 1 N–H and O–H groups in total. The predicted octanol–water partition coefficient (Wildman–Crippen LogP) is 2.27. The largest absolute Gasteiger partial charge is 0.462 e. The average Bonchev–Trinajstić information content (AvgIpc) is 2.91. The third-order valence-corrected chi connectivity index (χ3v) is 3.52. The fourth-order valence-corrected chi connectivity index (χ4v) is 2.51. The van der Waals surface area contributed by atoms with Crippen LogP contribution in [0.4, 0.5) is 5.82 Å². The Balaban J connectivity index is 1.82. The fourth-order valence-electron chi connectivity index (χ4n) is 2.51. The lowest BCUT2D eigenvalue weighted by Crippen LogP contribution is -2.27. The van der Waals surface area contributed by atoms with Crippen molar-refractivity contribution in [2.45, 2.75) is 19.4 Å². The number of benzene rings is 1. The molecule has 0 saturated carbocycles. The van der Waals surface area contributed by atoms with Gasteiger partial charge >= 0.3 is 5.97 Å². The molecule has 2 heterocycles. The van der Waals surface area contributed by atoms with Crippen LogP contribution in [0.1, 0.15) is 28.8 Å². The minimum Gasteiger partial charge on any atom is -0.462 e. The summed E-state index contributed by atoms with van der Waals surface area (Å²) in [4.78, 5) is 11.8. The van der Waals surface area contributed by atoms with E-state index in [4.69, 9.17) is 4.74 Å². The van der Waals surface area contributed by atoms with Crippen molar-refractivity contribution in [2.24, 2.45) is 0 Å². The van der Waals surface area contributed by atoms with Crippen molar-refractivity contribution in [1.29, 1.82) is 0 Å². The second-order valence-electron chi connectivity index (χ2n) is 4.80. The number of fused-ring (bicyclic) bond motifs is 1. The molecule has 0 fully saturated rings. The number of nitrogens with zero attached hydrogens (tertiary/aromatic N) is 2. The Morgan fingerprint density at radius 2 is 2.25 bits per heavy atom. The van der Waals surface area contributed by atoms with Crippen LogP contribution in [-0.4, -0.2) is 28.9 Å². The Bertz CT molecular complexity index is 607. The van der Waals surface area contributed by atoms with Gasteiger partial charge in [-0.1, -0.05) is 30.3 Å². The van der Waals surface area contributed by atoms with Crippen LogP contribution in [-0.2, 0) is 11.3 Å². The van der Waals surface area contributed by atoms with E-state index in [9.17, 15) is 4.79 Å². The number of carbonyl (C=O) groups excluding carboxylic acids is 1. The van der Waals surface area contributed by atoms with Crippen molar-refractivity contribution in [3.8, 4) is 0 Å². The molecule has 1 aromatic carbocycles. The predicted molar refractivity (Wildman–Crippen MR) is 75.9 cm³/mol. The van der Waals surface area contributed by atoms with Gasteiger partial charge in [0.2, 0.25) is 0 Å². The molecule has 5 heteroatoms. The third-order valence-electron chi connectivity index (χ3n) is 3.52. The molecular weight excluding hydrogens is 254 g/mol. The number of nitrogens with one attached hydrogen (secondary N) is 1. The summed E-state index contributed by atoms with van der Waals surface area (Å²) in [6, 6.07) is 10.3. The normalized spacial score (nSPS) is 17.1. The Labute approximate surface area is 117 Å². The summed E-state index contributed by atoms with van der Waals surface area (Å²) in [7, 11) is 0. The zero-order chi connectivity index (χ0) is 13.9. The highest BCUT2D eigenvalue weighted by molar-refractivity contribution is 5.94. The third kappa shape index (κ3) is 2.27. The van der Waals surface area contributed by atoms with Crippen molar-refractivity contribution in [3.63, 3.8) is 0 Å². The number of hydrogen-bond acceptors (Lipinski definition) is 4. The highest BCUT2D eigenvalue weighted by Crippen LogP contribution is 2.27. The van der Waals surface area contributed by atoms with Gasteiger partial charge in [0.25, 0.3) is 0 Å². The SMILES string of the molecule is CCOC(=O)c1cnn2c1NCC(c1ccccc1)C2. The van der Waals surface area contributed by atoms with Gasteiger partial charge in [-0.3, -0.25) is 0 Å². The smallest absolute Gasteiger partial charge is 0.343 e. The summed E-state index contributed by atoms with van der Waals surface area (Å²) in [6.07, 6.45) is 1.58. The fraction of sp³-hybridized carbons (Fsp3) is 0.333. The van der Waals surface area contributed by atoms with E-state index < -0.39 is 0 Å². The van der Waals surface area contributed by atoms with Gasteiger partial charge in [-0.05, 0) is 12.5 Å². The lowest BCUT2D eigenvalue weighted by molar-refractivity contribution is 0.0527. The first-order chi connectivity index (χ1) is 9.79. The Morgan fingerprint density at radius 3 is 3.00 bits per heavy atom. The van der Waals surface area contributed by atoms with Gasteiger partial charge in [-0.2, -0.15) is 5.10 Å². The van der Waals surface area contributed by atoms with Gasteiger partial charge in [-0.25, -0.2) is 9.48 Å². The summed E-state index contributed by atoms with van der Waals surface area (Å²) < 4.78 is 6.87. The Morgan fingerprint density at radius 1 is 1.45 bits per heavy atom. The van der Waals surface area contributed by atoms with Crippen molar-refractivity contribution >= 4 is 11.8 Å². The molecule has 1 aromatic heterocycles. The number of aromatic nitrogens is 2. The van der Waals surface area contributed by atoms with Crippen LogP contribution in [0.5, 0.6) is 0 Å². The first kappa shape index (κ1) is 12.7. The van der Waals surface area contributed by atoms with Crippen LogP contribution in [0.25, 0.3) is 0 Å². The van der Waals surface area contributed by atoms with Gasteiger partial charge in [0, 0.05) is 12.5 Å². The van der Waals surface area contributed by atoms with Crippen LogP contribution in [0.3, 0.4) is 0 Å². The molecule has 2 aromatic rings. The molecule has 0 spiro atoms. The van der Waals surface area contributed by atoms with Crippen LogP contribution in [0.2, 0.25) is 0 Å². The van der Waals surface area contributed by atoms with Gasteiger partial charge in [-0.15, -0.1) is 0 Å². The average molecular weight is 271 g/mol. The van der Waals surface area contributed by atoms with Crippen LogP contribution in [0, 0.1) is 0 Å². The van der Waals surface area contributed by atoms with Crippen molar-refractivity contribution < 1.29 is 9.53 Å². The Hall–Kier alpha value is -2.30. The monoisotopic (exact) mass is 271 g/mol. The van der Waals surface area contributed by atoms with Gasteiger partial charge in [0.15, 0.2) is 0 Å². The molecule has 1 unspecified atom stereocenters. The molecule has 1 atom stereocenters.